The van der Waals surface area contributed by atoms with Crippen LogP contribution in [-0.2, 0) is 17.7 Å². The number of hydrogen-bond acceptors (Lipinski definition) is 5. The van der Waals surface area contributed by atoms with Gasteiger partial charge in [0.05, 0.1) is 6.10 Å². The lowest BCUT2D eigenvalue weighted by atomic mass is 9.87. The van der Waals surface area contributed by atoms with Gasteiger partial charge >= 0.3 is 0 Å². The molecule has 1 aliphatic heterocycles. The highest BCUT2D eigenvalue weighted by atomic mass is 19.1. The van der Waals surface area contributed by atoms with Gasteiger partial charge in [0, 0.05) is 32.5 Å². The molecule has 0 bridgehead atoms. The van der Waals surface area contributed by atoms with Crippen LogP contribution in [0.25, 0.3) is 0 Å². The molecule has 0 amide bonds. The van der Waals surface area contributed by atoms with E-state index in [1.165, 1.54) is 6.07 Å². The highest BCUT2D eigenvalue weighted by Crippen LogP contribution is 2.27. The van der Waals surface area contributed by atoms with Crippen molar-refractivity contribution in [2.24, 2.45) is 5.92 Å². The van der Waals surface area contributed by atoms with E-state index in [0.29, 0.717) is 18.2 Å². The summed E-state index contributed by atoms with van der Waals surface area (Å²) in [4.78, 5) is 11.3. The molecule has 0 saturated carbocycles. The van der Waals surface area contributed by atoms with Crippen molar-refractivity contribution in [3.63, 3.8) is 0 Å². The third-order valence-corrected chi connectivity index (χ3v) is 5.35. The molecule has 5 nitrogen and oxygen atoms in total. The van der Waals surface area contributed by atoms with Crippen LogP contribution in [0.5, 0.6) is 5.88 Å². The van der Waals surface area contributed by atoms with Crippen molar-refractivity contribution in [3.8, 4) is 5.88 Å². The number of benzene rings is 1. The molecule has 3 rings (SSSR count). The summed E-state index contributed by atoms with van der Waals surface area (Å²) in [6.45, 7) is 8.66. The number of piperidine rings is 1. The fourth-order valence-electron chi connectivity index (χ4n) is 3.86. The standard InChI is InChI=1S/C23H32FN3O2/c1-23(2,3)29-22-20(25-11-12-26-22)16-27-13-9-17(10-14-27)21(28-4)15-18-7-5-6-8-19(18)24/h5-8,11-12,17,21H,9-10,13-16H2,1-4H3. The molecule has 1 fully saturated rings. The van der Waals surface area contributed by atoms with Gasteiger partial charge in [-0.25, -0.2) is 9.37 Å². The predicted octanol–water partition coefficient (Wildman–Crippen LogP) is 4.26. The first-order valence-electron chi connectivity index (χ1n) is 10.3. The van der Waals surface area contributed by atoms with E-state index in [9.17, 15) is 4.39 Å². The Labute approximate surface area is 173 Å². The number of ether oxygens (including phenoxy) is 2. The summed E-state index contributed by atoms with van der Waals surface area (Å²) < 4.78 is 25.7. The van der Waals surface area contributed by atoms with Gasteiger partial charge in [0.15, 0.2) is 0 Å². The van der Waals surface area contributed by atoms with Crippen molar-refractivity contribution in [3.05, 3.63) is 53.7 Å². The summed E-state index contributed by atoms with van der Waals surface area (Å²) in [5.41, 5.74) is 1.29. The minimum absolute atomic E-state index is 0.0327. The molecule has 2 heterocycles. The van der Waals surface area contributed by atoms with Crippen molar-refractivity contribution in [1.29, 1.82) is 0 Å². The van der Waals surface area contributed by atoms with Crippen LogP contribution in [0, 0.1) is 11.7 Å². The van der Waals surface area contributed by atoms with E-state index in [-0.39, 0.29) is 17.5 Å². The Morgan fingerprint density at radius 2 is 1.83 bits per heavy atom. The van der Waals surface area contributed by atoms with Crippen molar-refractivity contribution >= 4 is 0 Å². The summed E-state index contributed by atoms with van der Waals surface area (Å²) >= 11 is 0. The molecule has 1 atom stereocenters. The Morgan fingerprint density at radius 3 is 2.48 bits per heavy atom. The molecule has 0 radical (unpaired) electrons. The fourth-order valence-corrected chi connectivity index (χ4v) is 3.86. The molecule has 1 saturated heterocycles. The van der Waals surface area contributed by atoms with E-state index in [2.05, 4.69) is 14.9 Å². The predicted molar refractivity (Wildman–Crippen MR) is 111 cm³/mol. The summed E-state index contributed by atoms with van der Waals surface area (Å²) in [5, 5.41) is 0. The molecule has 1 aromatic carbocycles. The second kappa shape index (κ2) is 9.63. The second-order valence-electron chi connectivity index (χ2n) is 8.71. The zero-order valence-electron chi connectivity index (χ0n) is 17.9. The van der Waals surface area contributed by atoms with E-state index < -0.39 is 0 Å². The Balaban J connectivity index is 1.57. The number of nitrogens with zero attached hydrogens (tertiary/aromatic N) is 3. The molecule has 158 valence electrons. The molecular formula is C23H32FN3O2. The molecule has 29 heavy (non-hydrogen) atoms. The number of hydrogen-bond donors (Lipinski definition) is 0. The molecular weight excluding hydrogens is 369 g/mol. The van der Waals surface area contributed by atoms with Gasteiger partial charge in [-0.15, -0.1) is 0 Å². The van der Waals surface area contributed by atoms with Crippen molar-refractivity contribution in [2.75, 3.05) is 20.2 Å². The smallest absolute Gasteiger partial charge is 0.237 e. The van der Waals surface area contributed by atoms with Crippen LogP contribution in [-0.4, -0.2) is 46.8 Å². The van der Waals surface area contributed by atoms with Gasteiger partial charge in [-0.05, 0) is 64.3 Å². The maximum Gasteiger partial charge on any atom is 0.237 e. The number of halogens is 1. The fraction of sp³-hybridized carbons (Fsp3) is 0.565. The summed E-state index contributed by atoms with van der Waals surface area (Å²) in [7, 11) is 1.73. The first-order chi connectivity index (χ1) is 13.9. The zero-order valence-corrected chi connectivity index (χ0v) is 17.9. The molecule has 0 N–H and O–H groups in total. The van der Waals surface area contributed by atoms with Gasteiger partial charge < -0.3 is 9.47 Å². The average molecular weight is 402 g/mol. The van der Waals surface area contributed by atoms with Crippen LogP contribution in [0.3, 0.4) is 0 Å². The zero-order chi connectivity index (χ0) is 20.9. The molecule has 1 aromatic heterocycles. The van der Waals surface area contributed by atoms with E-state index in [4.69, 9.17) is 9.47 Å². The van der Waals surface area contributed by atoms with E-state index in [1.54, 1.807) is 25.6 Å². The Bertz CT molecular complexity index is 786. The molecule has 2 aromatic rings. The third kappa shape index (κ3) is 6.21. The van der Waals surface area contributed by atoms with Gasteiger partial charge in [0.2, 0.25) is 5.88 Å². The summed E-state index contributed by atoms with van der Waals surface area (Å²) in [6, 6.07) is 6.97. The number of likely N-dealkylation sites (tertiary alicyclic amines) is 1. The highest BCUT2D eigenvalue weighted by Gasteiger charge is 2.28. The third-order valence-electron chi connectivity index (χ3n) is 5.35. The SMILES string of the molecule is COC(Cc1ccccc1F)C1CCN(Cc2nccnc2OC(C)(C)C)CC1. The quantitative estimate of drug-likeness (QED) is 0.694. The highest BCUT2D eigenvalue weighted by molar-refractivity contribution is 5.19. The largest absolute Gasteiger partial charge is 0.471 e. The molecule has 0 aliphatic carbocycles. The molecule has 1 aliphatic rings. The monoisotopic (exact) mass is 401 g/mol. The van der Waals surface area contributed by atoms with Gasteiger partial charge in [0.25, 0.3) is 0 Å². The number of aromatic nitrogens is 2. The molecule has 0 spiro atoms. The van der Waals surface area contributed by atoms with Crippen molar-refractivity contribution in [2.45, 2.75) is 58.3 Å². The number of methoxy groups -OCH3 is 1. The van der Waals surface area contributed by atoms with Gasteiger partial charge in [-0.2, -0.15) is 0 Å². The van der Waals surface area contributed by atoms with Crippen LogP contribution in [0.1, 0.15) is 44.9 Å². The number of rotatable bonds is 7. The summed E-state index contributed by atoms with van der Waals surface area (Å²) in [6.07, 6.45) is 6.06. The van der Waals surface area contributed by atoms with Crippen LogP contribution >= 0.6 is 0 Å². The first kappa shape index (κ1) is 21.7. The second-order valence-corrected chi connectivity index (χ2v) is 8.71. The van der Waals surface area contributed by atoms with Gasteiger partial charge in [-0.3, -0.25) is 9.88 Å². The minimum Gasteiger partial charge on any atom is -0.471 e. The lowest BCUT2D eigenvalue weighted by Gasteiger charge is -2.35. The maximum absolute atomic E-state index is 14.0. The Hall–Kier alpha value is -2.05. The minimum atomic E-state index is -0.309. The van der Waals surface area contributed by atoms with E-state index in [1.807, 2.05) is 32.9 Å². The lowest BCUT2D eigenvalue weighted by molar-refractivity contribution is 0.0196. The van der Waals surface area contributed by atoms with E-state index in [0.717, 1.165) is 43.7 Å². The first-order valence-corrected chi connectivity index (χ1v) is 10.3. The Morgan fingerprint density at radius 1 is 1.14 bits per heavy atom. The Kier molecular flexibility index (Phi) is 7.19. The van der Waals surface area contributed by atoms with Crippen molar-refractivity contribution < 1.29 is 13.9 Å². The van der Waals surface area contributed by atoms with Crippen LogP contribution in [0.15, 0.2) is 36.7 Å². The lowest BCUT2D eigenvalue weighted by Crippen LogP contribution is -2.39. The average Bonchev–Trinajstić information content (AvgIpc) is 2.68. The molecule has 1 unspecified atom stereocenters. The summed E-state index contributed by atoms with van der Waals surface area (Å²) in [5.74, 6) is 0.875. The topological polar surface area (TPSA) is 47.5 Å². The van der Waals surface area contributed by atoms with Crippen LogP contribution in [0.2, 0.25) is 0 Å². The maximum atomic E-state index is 14.0. The van der Waals surface area contributed by atoms with Crippen molar-refractivity contribution in [1.82, 2.24) is 14.9 Å². The van der Waals surface area contributed by atoms with E-state index >= 15 is 0 Å². The normalized spacial score (nSPS) is 17.3. The van der Waals surface area contributed by atoms with Crippen LogP contribution in [0.4, 0.5) is 4.39 Å². The molecule has 6 heteroatoms. The van der Waals surface area contributed by atoms with Gasteiger partial charge in [-0.1, -0.05) is 18.2 Å². The van der Waals surface area contributed by atoms with Crippen LogP contribution < -0.4 is 4.74 Å². The van der Waals surface area contributed by atoms with Gasteiger partial charge in [0.1, 0.15) is 17.1 Å².